The van der Waals surface area contributed by atoms with E-state index < -0.39 is 0 Å². The van der Waals surface area contributed by atoms with Crippen LogP contribution >= 0.6 is 23.2 Å². The van der Waals surface area contributed by atoms with Gasteiger partial charge in [0, 0.05) is 24.6 Å². The lowest BCUT2D eigenvalue weighted by Crippen LogP contribution is -2.32. The predicted molar refractivity (Wildman–Crippen MR) is 129 cm³/mol. The predicted octanol–water partition coefficient (Wildman–Crippen LogP) is 6.31. The Morgan fingerprint density at radius 3 is 2.55 bits per heavy atom. The lowest BCUT2D eigenvalue weighted by atomic mass is 9.90. The molecule has 2 aliphatic heterocycles. The van der Waals surface area contributed by atoms with Crippen molar-refractivity contribution >= 4 is 29.0 Å². The Balaban J connectivity index is 1.39. The summed E-state index contributed by atoms with van der Waals surface area (Å²) in [5.74, 6) is 1.64. The smallest absolute Gasteiger partial charge is 0.133 e. The Morgan fingerprint density at radius 1 is 0.968 bits per heavy atom. The van der Waals surface area contributed by atoms with Crippen LogP contribution in [-0.4, -0.2) is 34.3 Å². The second-order valence-electron chi connectivity index (χ2n) is 8.64. The van der Waals surface area contributed by atoms with Crippen LogP contribution in [0.1, 0.15) is 48.4 Å². The molecule has 0 spiro atoms. The van der Waals surface area contributed by atoms with E-state index in [0.717, 1.165) is 56.9 Å². The average molecular weight is 455 g/mol. The quantitative estimate of drug-likeness (QED) is 0.501. The number of benzene rings is 2. The van der Waals surface area contributed by atoms with Gasteiger partial charge in [-0.05, 0) is 69.0 Å². The van der Waals surface area contributed by atoms with Crippen LogP contribution in [0.3, 0.4) is 0 Å². The molecule has 3 aromatic rings. The minimum absolute atomic E-state index is 0.504. The largest absolute Gasteiger partial charge is 0.370 e. The van der Waals surface area contributed by atoms with Crippen molar-refractivity contribution in [1.82, 2.24) is 14.7 Å². The minimum Gasteiger partial charge on any atom is -0.370 e. The second kappa shape index (κ2) is 9.23. The molecule has 3 heterocycles. The van der Waals surface area contributed by atoms with Gasteiger partial charge in [-0.2, -0.15) is 5.10 Å². The summed E-state index contributed by atoms with van der Waals surface area (Å²) in [5, 5.41) is 9.92. The van der Waals surface area contributed by atoms with Crippen molar-refractivity contribution in [1.29, 1.82) is 0 Å². The number of aromatic nitrogens is 2. The van der Waals surface area contributed by atoms with Crippen molar-refractivity contribution in [2.75, 3.05) is 25.0 Å². The van der Waals surface area contributed by atoms with E-state index in [1.807, 2.05) is 18.2 Å². The molecule has 0 atom stereocenters. The third-order valence-electron chi connectivity index (χ3n) is 6.53. The van der Waals surface area contributed by atoms with Gasteiger partial charge in [0.25, 0.3) is 0 Å². The van der Waals surface area contributed by atoms with Crippen LogP contribution in [0.2, 0.25) is 10.0 Å². The van der Waals surface area contributed by atoms with Crippen molar-refractivity contribution in [2.24, 2.45) is 0 Å². The van der Waals surface area contributed by atoms with E-state index >= 15 is 0 Å². The summed E-state index contributed by atoms with van der Waals surface area (Å²) < 4.78 is 2.05. The Bertz CT molecular complexity index is 1040. The van der Waals surface area contributed by atoms with Crippen molar-refractivity contribution in [3.8, 4) is 5.69 Å². The van der Waals surface area contributed by atoms with Crippen molar-refractivity contribution in [3.05, 3.63) is 75.4 Å². The zero-order valence-electron chi connectivity index (χ0n) is 17.7. The van der Waals surface area contributed by atoms with E-state index in [-0.39, 0.29) is 0 Å². The molecule has 6 heteroatoms. The van der Waals surface area contributed by atoms with Crippen LogP contribution < -0.4 is 5.32 Å². The summed E-state index contributed by atoms with van der Waals surface area (Å²) in [6.45, 7) is 4.24. The molecule has 162 valence electrons. The fraction of sp³-hybridized carbons (Fsp3) is 0.400. The van der Waals surface area contributed by atoms with Crippen LogP contribution in [0.4, 0.5) is 5.82 Å². The zero-order valence-corrected chi connectivity index (χ0v) is 19.2. The van der Waals surface area contributed by atoms with Crippen molar-refractivity contribution in [2.45, 2.75) is 44.6 Å². The average Bonchev–Trinajstić information content (AvgIpc) is 2.98. The number of fused-ring (bicyclic) bond motifs is 1. The highest BCUT2D eigenvalue weighted by atomic mass is 35.5. The summed E-state index contributed by atoms with van der Waals surface area (Å²) in [5.41, 5.74) is 5.02. The maximum atomic E-state index is 6.32. The molecule has 4 nitrogen and oxygen atoms in total. The van der Waals surface area contributed by atoms with Crippen LogP contribution in [0.25, 0.3) is 5.69 Å². The fourth-order valence-electron chi connectivity index (χ4n) is 4.87. The third kappa shape index (κ3) is 4.48. The molecule has 2 aromatic carbocycles. The molecule has 1 fully saturated rings. The first kappa shape index (κ1) is 20.9. The summed E-state index contributed by atoms with van der Waals surface area (Å²) >= 11 is 12.5. The number of nitrogens with zero attached hydrogens (tertiary/aromatic N) is 3. The first-order chi connectivity index (χ1) is 15.2. The minimum atomic E-state index is 0.504. The van der Waals surface area contributed by atoms with Crippen LogP contribution in [-0.2, 0) is 13.0 Å². The Hall–Kier alpha value is -2.01. The van der Waals surface area contributed by atoms with Gasteiger partial charge >= 0.3 is 0 Å². The maximum Gasteiger partial charge on any atom is 0.133 e. The summed E-state index contributed by atoms with van der Waals surface area (Å²) in [6, 6.07) is 16.5. The third-order valence-corrected chi connectivity index (χ3v) is 7.27. The lowest BCUT2D eigenvalue weighted by Gasteiger charge is -2.31. The first-order valence-electron chi connectivity index (χ1n) is 11.3. The normalized spacial score (nSPS) is 17.7. The van der Waals surface area contributed by atoms with E-state index in [1.54, 1.807) is 0 Å². The van der Waals surface area contributed by atoms with Gasteiger partial charge in [-0.25, -0.2) is 4.68 Å². The Morgan fingerprint density at radius 2 is 1.77 bits per heavy atom. The summed E-state index contributed by atoms with van der Waals surface area (Å²) in [7, 11) is 0. The van der Waals surface area contributed by atoms with E-state index in [0.29, 0.717) is 16.0 Å². The number of likely N-dealkylation sites (tertiary alicyclic amines) is 1. The molecule has 1 N–H and O–H groups in total. The molecule has 0 bridgehead atoms. The molecule has 2 aliphatic rings. The molecule has 0 aliphatic carbocycles. The maximum absolute atomic E-state index is 6.32. The number of rotatable bonds is 4. The molecule has 31 heavy (non-hydrogen) atoms. The number of hydrogen-bond donors (Lipinski definition) is 1. The molecular weight excluding hydrogens is 427 g/mol. The Kier molecular flexibility index (Phi) is 6.22. The molecular formula is C25H28Cl2N4. The van der Waals surface area contributed by atoms with Crippen LogP contribution in [0.5, 0.6) is 0 Å². The number of anilines is 1. The molecule has 5 rings (SSSR count). The first-order valence-corrected chi connectivity index (χ1v) is 12.0. The van der Waals surface area contributed by atoms with Crippen molar-refractivity contribution in [3.63, 3.8) is 0 Å². The van der Waals surface area contributed by atoms with Gasteiger partial charge in [-0.3, -0.25) is 4.90 Å². The SMILES string of the molecule is Clc1ccc(-n2nc(C3CCN(Cc4ccccc4)CC3)c3c2NCCCC3)cc1Cl. The summed E-state index contributed by atoms with van der Waals surface area (Å²) in [6.07, 6.45) is 5.77. The number of hydrogen-bond acceptors (Lipinski definition) is 3. The van der Waals surface area contributed by atoms with Crippen LogP contribution in [0.15, 0.2) is 48.5 Å². The molecule has 0 saturated carbocycles. The van der Waals surface area contributed by atoms with Gasteiger partial charge in [-0.1, -0.05) is 53.5 Å². The van der Waals surface area contributed by atoms with Gasteiger partial charge < -0.3 is 5.32 Å². The Labute approximate surface area is 194 Å². The molecule has 0 amide bonds. The fourth-order valence-corrected chi connectivity index (χ4v) is 5.16. The second-order valence-corrected chi connectivity index (χ2v) is 9.46. The van der Waals surface area contributed by atoms with Gasteiger partial charge in [0.1, 0.15) is 5.82 Å². The lowest BCUT2D eigenvalue weighted by molar-refractivity contribution is 0.203. The highest BCUT2D eigenvalue weighted by molar-refractivity contribution is 6.42. The molecule has 0 unspecified atom stereocenters. The highest BCUT2D eigenvalue weighted by Crippen LogP contribution is 2.37. The van der Waals surface area contributed by atoms with E-state index in [2.05, 4.69) is 45.2 Å². The van der Waals surface area contributed by atoms with Gasteiger partial charge in [-0.15, -0.1) is 0 Å². The van der Waals surface area contributed by atoms with E-state index in [9.17, 15) is 0 Å². The van der Waals surface area contributed by atoms with Gasteiger partial charge in [0.2, 0.25) is 0 Å². The van der Waals surface area contributed by atoms with Crippen molar-refractivity contribution < 1.29 is 0 Å². The molecule has 1 aromatic heterocycles. The van der Waals surface area contributed by atoms with E-state index in [4.69, 9.17) is 28.3 Å². The highest BCUT2D eigenvalue weighted by Gasteiger charge is 2.29. The van der Waals surface area contributed by atoms with Gasteiger partial charge in [0.05, 0.1) is 21.4 Å². The van der Waals surface area contributed by atoms with Crippen LogP contribution in [0, 0.1) is 0 Å². The summed E-state index contributed by atoms with van der Waals surface area (Å²) in [4.78, 5) is 2.57. The monoisotopic (exact) mass is 454 g/mol. The van der Waals surface area contributed by atoms with Gasteiger partial charge in [0.15, 0.2) is 0 Å². The standard InChI is InChI=1S/C25H28Cl2N4/c26-22-10-9-20(16-23(22)27)31-25-21(8-4-5-13-28-25)24(29-31)19-11-14-30(15-12-19)17-18-6-2-1-3-7-18/h1-3,6-7,9-10,16,19,28H,4-5,8,11-15,17H2. The van der Waals surface area contributed by atoms with E-state index in [1.165, 1.54) is 29.7 Å². The number of halogens is 2. The number of nitrogens with one attached hydrogen (secondary N) is 1. The topological polar surface area (TPSA) is 33.1 Å². The molecule has 0 radical (unpaired) electrons. The number of piperidine rings is 1. The zero-order chi connectivity index (χ0) is 21.2. The molecule has 1 saturated heterocycles.